The Bertz CT molecular complexity index is 430. The van der Waals surface area contributed by atoms with Gasteiger partial charge in [-0.15, -0.1) is 11.8 Å². The second-order valence-corrected chi connectivity index (χ2v) is 7.56. The Morgan fingerprint density at radius 3 is 2.38 bits per heavy atom. The van der Waals surface area contributed by atoms with Crippen LogP contribution < -0.4 is 5.32 Å². The minimum atomic E-state index is 0.130. The van der Waals surface area contributed by atoms with Crippen molar-refractivity contribution in [1.29, 1.82) is 0 Å². The maximum Gasteiger partial charge on any atom is 0.0984 e. The smallest absolute Gasteiger partial charge is 0.0984 e. The van der Waals surface area contributed by atoms with Crippen molar-refractivity contribution in [3.63, 3.8) is 0 Å². The van der Waals surface area contributed by atoms with Crippen LogP contribution in [0.1, 0.15) is 45.9 Å². The topological polar surface area (TPSA) is 33.1 Å². The molecule has 0 saturated heterocycles. The van der Waals surface area contributed by atoms with E-state index >= 15 is 0 Å². The van der Waals surface area contributed by atoms with E-state index in [0.717, 1.165) is 37.6 Å². The predicted octanol–water partition coefficient (Wildman–Crippen LogP) is 3.05. The zero-order valence-corrected chi connectivity index (χ0v) is 15.6. The average Bonchev–Trinajstić information content (AvgIpc) is 2.66. The Hall–Kier alpha value is -0.520. The molecular weight excluding hydrogens is 280 g/mol. The number of rotatable bonds is 8. The highest BCUT2D eigenvalue weighted by Gasteiger charge is 2.16. The summed E-state index contributed by atoms with van der Waals surface area (Å²) in [7, 11) is 2.05. The molecule has 0 radical (unpaired) electrons. The molecular formula is C16H32N4S. The lowest BCUT2D eigenvalue weighted by atomic mass is 10.1. The van der Waals surface area contributed by atoms with E-state index in [-0.39, 0.29) is 5.54 Å². The van der Waals surface area contributed by atoms with E-state index < -0.39 is 0 Å². The van der Waals surface area contributed by atoms with Gasteiger partial charge in [0, 0.05) is 37.0 Å². The summed E-state index contributed by atoms with van der Waals surface area (Å²) in [4.78, 5) is 2.46. The SMILES string of the molecule is CCN(CC)CCSc1c(CNC(C)(C)C)c(C)nn1C. The van der Waals surface area contributed by atoms with Gasteiger partial charge in [0.05, 0.1) is 10.7 Å². The van der Waals surface area contributed by atoms with E-state index in [2.05, 4.69) is 56.9 Å². The van der Waals surface area contributed by atoms with Gasteiger partial charge in [0.25, 0.3) is 0 Å². The molecule has 0 atom stereocenters. The van der Waals surface area contributed by atoms with Gasteiger partial charge in [0.15, 0.2) is 0 Å². The molecule has 1 N–H and O–H groups in total. The Balaban J connectivity index is 2.68. The van der Waals surface area contributed by atoms with E-state index in [0.29, 0.717) is 0 Å². The molecule has 1 rings (SSSR count). The zero-order chi connectivity index (χ0) is 16.0. The monoisotopic (exact) mass is 312 g/mol. The molecule has 5 heteroatoms. The van der Waals surface area contributed by atoms with Crippen molar-refractivity contribution in [1.82, 2.24) is 20.0 Å². The maximum absolute atomic E-state index is 4.59. The van der Waals surface area contributed by atoms with E-state index in [1.807, 2.05) is 23.5 Å². The van der Waals surface area contributed by atoms with Crippen molar-refractivity contribution in [2.24, 2.45) is 7.05 Å². The number of thioether (sulfide) groups is 1. The lowest BCUT2D eigenvalue weighted by Crippen LogP contribution is -2.35. The molecule has 0 spiro atoms. The quantitative estimate of drug-likeness (QED) is 0.748. The lowest BCUT2D eigenvalue weighted by Gasteiger charge is -2.21. The molecule has 21 heavy (non-hydrogen) atoms. The van der Waals surface area contributed by atoms with Gasteiger partial charge in [-0.25, -0.2) is 0 Å². The third-order valence-corrected chi connectivity index (χ3v) is 4.80. The summed E-state index contributed by atoms with van der Waals surface area (Å²) >= 11 is 1.92. The summed E-state index contributed by atoms with van der Waals surface area (Å²) < 4.78 is 2.03. The van der Waals surface area contributed by atoms with Crippen molar-refractivity contribution in [2.45, 2.75) is 58.7 Å². The Kier molecular flexibility index (Phi) is 7.24. The fraction of sp³-hybridized carbons (Fsp3) is 0.812. The molecule has 4 nitrogen and oxygen atoms in total. The van der Waals surface area contributed by atoms with Crippen LogP contribution >= 0.6 is 11.8 Å². The zero-order valence-electron chi connectivity index (χ0n) is 14.8. The highest BCUT2D eigenvalue weighted by atomic mass is 32.2. The molecule has 0 unspecified atom stereocenters. The molecule has 0 bridgehead atoms. The summed E-state index contributed by atoms with van der Waals surface area (Å²) in [6, 6.07) is 0. The highest BCUT2D eigenvalue weighted by molar-refractivity contribution is 7.99. The molecule has 0 aliphatic heterocycles. The van der Waals surface area contributed by atoms with Crippen molar-refractivity contribution in [2.75, 3.05) is 25.4 Å². The van der Waals surface area contributed by atoms with Crippen molar-refractivity contribution in [3.05, 3.63) is 11.3 Å². The van der Waals surface area contributed by atoms with Crippen LogP contribution in [0.3, 0.4) is 0 Å². The molecule has 1 aromatic rings. The number of aromatic nitrogens is 2. The fourth-order valence-electron chi connectivity index (χ4n) is 2.23. The molecule has 1 aromatic heterocycles. The molecule has 0 aliphatic rings. The average molecular weight is 313 g/mol. The van der Waals surface area contributed by atoms with Crippen molar-refractivity contribution >= 4 is 11.8 Å². The summed E-state index contributed by atoms with van der Waals surface area (Å²) in [6.07, 6.45) is 0. The van der Waals surface area contributed by atoms with E-state index in [9.17, 15) is 0 Å². The summed E-state index contributed by atoms with van der Waals surface area (Å²) in [5.74, 6) is 1.11. The van der Waals surface area contributed by atoms with Crippen LogP contribution in [0.2, 0.25) is 0 Å². The molecule has 122 valence electrons. The van der Waals surface area contributed by atoms with E-state index in [1.54, 1.807) is 0 Å². The van der Waals surface area contributed by atoms with Crippen LogP contribution in [0.4, 0.5) is 0 Å². The first-order valence-corrected chi connectivity index (χ1v) is 8.89. The number of nitrogens with one attached hydrogen (secondary N) is 1. The van der Waals surface area contributed by atoms with Gasteiger partial charge in [-0.2, -0.15) is 5.10 Å². The molecule has 0 saturated carbocycles. The van der Waals surface area contributed by atoms with Crippen molar-refractivity contribution < 1.29 is 0 Å². The first-order valence-electron chi connectivity index (χ1n) is 7.91. The summed E-state index contributed by atoms with van der Waals surface area (Å²) in [5, 5.41) is 9.47. The number of hydrogen-bond donors (Lipinski definition) is 1. The second-order valence-electron chi connectivity index (χ2n) is 6.47. The van der Waals surface area contributed by atoms with Gasteiger partial charge in [-0.05, 0) is 40.8 Å². The van der Waals surface area contributed by atoms with Crippen LogP contribution in [0.5, 0.6) is 0 Å². The minimum Gasteiger partial charge on any atom is -0.308 e. The number of hydrogen-bond acceptors (Lipinski definition) is 4. The van der Waals surface area contributed by atoms with Gasteiger partial charge >= 0.3 is 0 Å². The highest BCUT2D eigenvalue weighted by Crippen LogP contribution is 2.25. The first-order chi connectivity index (χ1) is 9.78. The van der Waals surface area contributed by atoms with Gasteiger partial charge < -0.3 is 10.2 Å². The molecule has 0 aliphatic carbocycles. The van der Waals surface area contributed by atoms with Crippen LogP contribution in [0.15, 0.2) is 5.03 Å². The molecule has 0 fully saturated rings. The second kappa shape index (κ2) is 8.20. The minimum absolute atomic E-state index is 0.130. The normalized spacial score (nSPS) is 12.4. The summed E-state index contributed by atoms with van der Waals surface area (Å²) in [5.41, 5.74) is 2.61. The molecule has 0 aromatic carbocycles. The first kappa shape index (κ1) is 18.5. The third kappa shape index (κ3) is 6.01. The number of nitrogens with zero attached hydrogens (tertiary/aromatic N) is 3. The van der Waals surface area contributed by atoms with Crippen LogP contribution in [0.25, 0.3) is 0 Å². The fourth-order valence-corrected chi connectivity index (χ4v) is 3.39. The number of aryl methyl sites for hydroxylation is 2. The molecule has 0 amide bonds. The van der Waals surface area contributed by atoms with Gasteiger partial charge in [0.1, 0.15) is 0 Å². The predicted molar refractivity (Wildman–Crippen MR) is 93.0 cm³/mol. The Labute approximate surface area is 134 Å². The van der Waals surface area contributed by atoms with Crippen LogP contribution in [-0.2, 0) is 13.6 Å². The maximum atomic E-state index is 4.59. The van der Waals surface area contributed by atoms with Gasteiger partial charge in [-0.3, -0.25) is 4.68 Å². The molecule has 1 heterocycles. The van der Waals surface area contributed by atoms with Crippen LogP contribution in [-0.4, -0.2) is 45.6 Å². The van der Waals surface area contributed by atoms with Crippen molar-refractivity contribution in [3.8, 4) is 0 Å². The van der Waals surface area contributed by atoms with E-state index in [4.69, 9.17) is 0 Å². The Morgan fingerprint density at radius 1 is 1.24 bits per heavy atom. The largest absolute Gasteiger partial charge is 0.308 e. The van der Waals surface area contributed by atoms with Gasteiger partial charge in [0.2, 0.25) is 0 Å². The van der Waals surface area contributed by atoms with E-state index in [1.165, 1.54) is 10.6 Å². The summed E-state index contributed by atoms with van der Waals surface area (Å²) in [6.45, 7) is 17.4. The third-order valence-electron chi connectivity index (χ3n) is 3.63. The van der Waals surface area contributed by atoms with Gasteiger partial charge in [-0.1, -0.05) is 13.8 Å². The lowest BCUT2D eigenvalue weighted by molar-refractivity contribution is 0.324. The standard InChI is InChI=1S/C16H32N4S/c1-8-20(9-2)10-11-21-15-14(12-17-16(4,5)6)13(3)18-19(15)7/h17H,8-12H2,1-7H3. The van der Waals surface area contributed by atoms with Crippen LogP contribution in [0, 0.1) is 6.92 Å². The Morgan fingerprint density at radius 2 is 1.86 bits per heavy atom.